The molecule has 1 aromatic rings. The van der Waals surface area contributed by atoms with Gasteiger partial charge in [-0.25, -0.2) is 4.79 Å². The summed E-state index contributed by atoms with van der Waals surface area (Å²) in [5, 5.41) is 2.50. The lowest BCUT2D eigenvalue weighted by Gasteiger charge is -2.02. The van der Waals surface area contributed by atoms with Gasteiger partial charge in [-0.3, -0.25) is 4.79 Å². The quantitative estimate of drug-likeness (QED) is 0.472. The van der Waals surface area contributed by atoms with Crippen LogP contribution < -0.4 is 10.1 Å². The number of carbonyl (C=O) groups excluding carboxylic acids is 2. The molecule has 0 fully saturated rings. The number of nitrogens with one attached hydrogen (secondary N) is 1. The predicted octanol–water partition coefficient (Wildman–Crippen LogP) is 2.28. The van der Waals surface area contributed by atoms with Crippen molar-refractivity contribution in [2.75, 3.05) is 13.7 Å². The van der Waals surface area contributed by atoms with Gasteiger partial charge in [-0.2, -0.15) is 0 Å². The van der Waals surface area contributed by atoms with Crippen molar-refractivity contribution in [3.8, 4) is 5.75 Å². The maximum absolute atomic E-state index is 11.7. The minimum Gasteiger partial charge on any atom is -0.497 e. The molecular weight excluding hydrogens is 258 g/mol. The van der Waals surface area contributed by atoms with E-state index in [1.54, 1.807) is 31.4 Å². The molecule has 108 valence electrons. The Morgan fingerprint density at radius 1 is 1.25 bits per heavy atom. The molecule has 1 rings (SSSR count). The van der Waals surface area contributed by atoms with Gasteiger partial charge in [0.1, 0.15) is 5.75 Å². The minimum absolute atomic E-state index is 0.301. The van der Waals surface area contributed by atoms with Crippen LogP contribution in [-0.4, -0.2) is 25.6 Å². The highest BCUT2D eigenvalue weighted by molar-refractivity contribution is 5.95. The Bertz CT molecular complexity index is 465. The van der Waals surface area contributed by atoms with Crippen molar-refractivity contribution < 1.29 is 19.1 Å². The summed E-state index contributed by atoms with van der Waals surface area (Å²) in [7, 11) is 1.56. The lowest BCUT2D eigenvalue weighted by atomic mass is 10.2. The molecule has 20 heavy (non-hydrogen) atoms. The summed E-state index contributed by atoms with van der Waals surface area (Å²) >= 11 is 0. The van der Waals surface area contributed by atoms with E-state index in [1.807, 2.05) is 6.92 Å². The fraction of sp³-hybridized carbons (Fsp3) is 0.333. The smallest absolute Gasteiger partial charge is 0.332 e. The fourth-order valence-corrected chi connectivity index (χ4v) is 1.38. The molecule has 0 aromatic heterocycles. The van der Waals surface area contributed by atoms with Gasteiger partial charge in [-0.05, 0) is 30.7 Å². The highest BCUT2D eigenvalue weighted by Gasteiger charge is 2.03. The Labute approximate surface area is 118 Å². The molecule has 0 saturated heterocycles. The lowest BCUT2D eigenvalue weighted by Crippen LogP contribution is -2.17. The zero-order valence-electron chi connectivity index (χ0n) is 11.7. The van der Waals surface area contributed by atoms with Crippen LogP contribution in [0.3, 0.4) is 0 Å². The molecule has 0 heterocycles. The standard InChI is InChI=1S/C15H19NO4/c1-3-4-11-20-14(17)9-10-16-15(18)12-5-7-13(19-2)8-6-12/h5-10H,3-4,11H2,1-2H3,(H,16,18)/b10-9+. The summed E-state index contributed by atoms with van der Waals surface area (Å²) < 4.78 is 9.91. The number of methoxy groups -OCH3 is 1. The SMILES string of the molecule is CCCCOC(=O)/C=C/NC(=O)c1ccc(OC)cc1. The molecule has 1 amide bonds. The van der Waals surface area contributed by atoms with E-state index in [1.165, 1.54) is 12.3 Å². The normalized spacial score (nSPS) is 10.3. The van der Waals surface area contributed by atoms with Gasteiger partial charge >= 0.3 is 5.97 Å². The molecule has 0 radical (unpaired) electrons. The van der Waals surface area contributed by atoms with Crippen molar-refractivity contribution in [1.29, 1.82) is 0 Å². The zero-order valence-corrected chi connectivity index (χ0v) is 11.7. The summed E-state index contributed by atoms with van der Waals surface area (Å²) in [5.74, 6) is -0.0877. The molecule has 0 bridgehead atoms. The van der Waals surface area contributed by atoms with Crippen LogP contribution in [0.25, 0.3) is 0 Å². The minimum atomic E-state index is -0.464. The number of hydrogen-bond acceptors (Lipinski definition) is 4. The van der Waals surface area contributed by atoms with Crippen LogP contribution in [0.15, 0.2) is 36.5 Å². The number of ether oxygens (including phenoxy) is 2. The van der Waals surface area contributed by atoms with Crippen molar-refractivity contribution in [1.82, 2.24) is 5.32 Å². The Morgan fingerprint density at radius 3 is 2.55 bits per heavy atom. The maximum Gasteiger partial charge on any atom is 0.332 e. The predicted molar refractivity (Wildman–Crippen MR) is 75.5 cm³/mol. The van der Waals surface area contributed by atoms with Crippen LogP contribution in [-0.2, 0) is 9.53 Å². The van der Waals surface area contributed by atoms with E-state index >= 15 is 0 Å². The number of carbonyl (C=O) groups is 2. The van der Waals surface area contributed by atoms with Gasteiger partial charge in [0.2, 0.25) is 0 Å². The maximum atomic E-state index is 11.7. The molecule has 5 nitrogen and oxygen atoms in total. The molecule has 0 aliphatic carbocycles. The molecule has 0 aliphatic heterocycles. The third-order valence-electron chi connectivity index (χ3n) is 2.53. The summed E-state index contributed by atoms with van der Waals surface area (Å²) in [4.78, 5) is 23.0. The Balaban J connectivity index is 2.39. The van der Waals surface area contributed by atoms with Gasteiger partial charge < -0.3 is 14.8 Å². The molecule has 5 heteroatoms. The van der Waals surface area contributed by atoms with Crippen LogP contribution in [0, 0.1) is 0 Å². The first kappa shape index (κ1) is 15.8. The number of esters is 1. The summed E-state index contributed by atoms with van der Waals surface area (Å²) in [6.45, 7) is 2.41. The highest BCUT2D eigenvalue weighted by Crippen LogP contribution is 2.10. The molecule has 0 aliphatic rings. The number of unbranched alkanes of at least 4 members (excludes halogenated alkanes) is 1. The second-order valence-electron chi connectivity index (χ2n) is 4.06. The van der Waals surface area contributed by atoms with Crippen molar-refractivity contribution in [3.05, 3.63) is 42.1 Å². The Morgan fingerprint density at radius 2 is 1.95 bits per heavy atom. The summed E-state index contributed by atoms with van der Waals surface area (Å²) in [6.07, 6.45) is 4.26. The van der Waals surface area contributed by atoms with Gasteiger partial charge in [0.05, 0.1) is 13.7 Å². The van der Waals surface area contributed by atoms with Gasteiger partial charge in [0, 0.05) is 17.8 Å². The van der Waals surface area contributed by atoms with Gasteiger partial charge in [-0.1, -0.05) is 13.3 Å². The van der Waals surface area contributed by atoms with Crippen molar-refractivity contribution in [2.24, 2.45) is 0 Å². The molecule has 0 unspecified atom stereocenters. The second-order valence-corrected chi connectivity index (χ2v) is 4.06. The van der Waals surface area contributed by atoms with E-state index in [4.69, 9.17) is 9.47 Å². The van der Waals surface area contributed by atoms with Crippen molar-refractivity contribution in [3.63, 3.8) is 0 Å². The van der Waals surface area contributed by atoms with E-state index in [0.29, 0.717) is 17.9 Å². The van der Waals surface area contributed by atoms with Crippen LogP contribution in [0.1, 0.15) is 30.1 Å². The van der Waals surface area contributed by atoms with E-state index < -0.39 is 5.97 Å². The second kappa shape index (κ2) is 8.74. The van der Waals surface area contributed by atoms with E-state index in [0.717, 1.165) is 12.8 Å². The van der Waals surface area contributed by atoms with Crippen molar-refractivity contribution >= 4 is 11.9 Å². The van der Waals surface area contributed by atoms with Gasteiger partial charge in [0.15, 0.2) is 0 Å². The first-order valence-corrected chi connectivity index (χ1v) is 6.45. The number of amides is 1. The molecule has 0 saturated carbocycles. The summed E-state index contributed by atoms with van der Waals surface area (Å²) in [5.41, 5.74) is 0.481. The fourth-order valence-electron chi connectivity index (χ4n) is 1.38. The Kier molecular flexibility index (Phi) is 6.89. The Hall–Kier alpha value is -2.30. The van der Waals surface area contributed by atoms with Crippen LogP contribution in [0.5, 0.6) is 5.75 Å². The van der Waals surface area contributed by atoms with Gasteiger partial charge in [0.25, 0.3) is 5.91 Å². The molecule has 1 N–H and O–H groups in total. The van der Waals surface area contributed by atoms with Crippen LogP contribution in [0.2, 0.25) is 0 Å². The lowest BCUT2D eigenvalue weighted by molar-refractivity contribution is -0.137. The van der Waals surface area contributed by atoms with Gasteiger partial charge in [-0.15, -0.1) is 0 Å². The average molecular weight is 277 g/mol. The molecule has 0 atom stereocenters. The third kappa shape index (κ3) is 5.56. The molecule has 1 aromatic carbocycles. The summed E-state index contributed by atoms with van der Waals surface area (Å²) in [6, 6.07) is 6.67. The van der Waals surface area contributed by atoms with E-state index in [-0.39, 0.29) is 5.91 Å². The number of rotatable bonds is 7. The average Bonchev–Trinajstić information content (AvgIpc) is 2.47. The topological polar surface area (TPSA) is 64.6 Å². The highest BCUT2D eigenvalue weighted by atomic mass is 16.5. The number of benzene rings is 1. The molecule has 0 spiro atoms. The van der Waals surface area contributed by atoms with Crippen LogP contribution in [0.4, 0.5) is 0 Å². The first-order chi connectivity index (χ1) is 9.67. The zero-order chi connectivity index (χ0) is 14.8. The monoisotopic (exact) mass is 277 g/mol. The van der Waals surface area contributed by atoms with E-state index in [2.05, 4.69) is 5.32 Å². The van der Waals surface area contributed by atoms with E-state index in [9.17, 15) is 9.59 Å². The van der Waals surface area contributed by atoms with Crippen molar-refractivity contribution in [2.45, 2.75) is 19.8 Å². The largest absolute Gasteiger partial charge is 0.497 e. The first-order valence-electron chi connectivity index (χ1n) is 6.45. The third-order valence-corrected chi connectivity index (χ3v) is 2.53. The number of hydrogen-bond donors (Lipinski definition) is 1. The van der Waals surface area contributed by atoms with Crippen LogP contribution >= 0.6 is 0 Å². The molecular formula is C15H19NO4.